The molecule has 3 rings (SSSR count). The number of aryl methyl sites for hydroxylation is 1. The second kappa shape index (κ2) is 8.51. The van der Waals surface area contributed by atoms with Gasteiger partial charge in [-0.25, -0.2) is 9.37 Å². The van der Waals surface area contributed by atoms with Crippen LogP contribution in [-0.4, -0.2) is 48.6 Å². The third-order valence-corrected chi connectivity index (χ3v) is 5.29. The van der Waals surface area contributed by atoms with Gasteiger partial charge in [0.25, 0.3) is 5.91 Å². The van der Waals surface area contributed by atoms with Crippen molar-refractivity contribution in [2.24, 2.45) is 0 Å². The van der Waals surface area contributed by atoms with Gasteiger partial charge in [0.1, 0.15) is 15.7 Å². The number of morpholine rings is 1. The van der Waals surface area contributed by atoms with Gasteiger partial charge in [0.05, 0.1) is 25.5 Å². The number of carbonyl (C=O) groups is 1. The Kier molecular flexibility index (Phi) is 6.12. The molecule has 1 aromatic heterocycles. The van der Waals surface area contributed by atoms with Crippen LogP contribution >= 0.6 is 11.3 Å². The number of halogens is 1. The summed E-state index contributed by atoms with van der Waals surface area (Å²) in [7, 11) is 0. The lowest BCUT2D eigenvalue weighted by Gasteiger charge is -2.25. The van der Waals surface area contributed by atoms with Gasteiger partial charge in [0, 0.05) is 19.6 Å². The van der Waals surface area contributed by atoms with E-state index in [0.717, 1.165) is 43.5 Å². The van der Waals surface area contributed by atoms with Crippen molar-refractivity contribution in [2.75, 3.05) is 32.8 Å². The predicted octanol–water partition coefficient (Wildman–Crippen LogP) is 2.40. The lowest BCUT2D eigenvalue weighted by Crippen LogP contribution is -2.35. The minimum atomic E-state index is -0.237. The van der Waals surface area contributed by atoms with Crippen molar-refractivity contribution in [1.29, 1.82) is 0 Å². The number of carbonyl (C=O) groups excluding carboxylic acids is 1. The Hall–Kier alpha value is -1.83. The Morgan fingerprint density at radius 3 is 2.88 bits per heavy atom. The molecule has 0 aliphatic carbocycles. The van der Waals surface area contributed by atoms with Crippen LogP contribution in [0.5, 0.6) is 0 Å². The number of amides is 1. The molecule has 1 fully saturated rings. The Morgan fingerprint density at radius 2 is 2.12 bits per heavy atom. The minimum Gasteiger partial charge on any atom is -0.379 e. The predicted molar refractivity (Wildman–Crippen MR) is 95.4 cm³/mol. The SMILES string of the molecule is Cc1nc(CN2CCOCC2)sc1C(=O)NCCc1ccccc1F. The highest BCUT2D eigenvalue weighted by Gasteiger charge is 2.18. The van der Waals surface area contributed by atoms with Gasteiger partial charge in [-0.15, -0.1) is 11.3 Å². The van der Waals surface area contributed by atoms with E-state index in [1.54, 1.807) is 18.2 Å². The Morgan fingerprint density at radius 1 is 1.36 bits per heavy atom. The van der Waals surface area contributed by atoms with Gasteiger partial charge >= 0.3 is 0 Å². The van der Waals surface area contributed by atoms with E-state index in [4.69, 9.17) is 4.74 Å². The van der Waals surface area contributed by atoms with Gasteiger partial charge in [0.2, 0.25) is 0 Å². The number of benzene rings is 1. The van der Waals surface area contributed by atoms with Crippen molar-refractivity contribution in [3.63, 3.8) is 0 Å². The topological polar surface area (TPSA) is 54.5 Å². The van der Waals surface area contributed by atoms with E-state index in [9.17, 15) is 9.18 Å². The van der Waals surface area contributed by atoms with Crippen LogP contribution in [0.2, 0.25) is 0 Å². The van der Waals surface area contributed by atoms with Gasteiger partial charge in [0.15, 0.2) is 0 Å². The summed E-state index contributed by atoms with van der Waals surface area (Å²) in [5.41, 5.74) is 1.36. The molecule has 25 heavy (non-hydrogen) atoms. The highest BCUT2D eigenvalue weighted by atomic mass is 32.1. The summed E-state index contributed by atoms with van der Waals surface area (Å²) in [6.45, 7) is 6.27. The van der Waals surface area contributed by atoms with Crippen LogP contribution in [0, 0.1) is 12.7 Å². The maximum Gasteiger partial charge on any atom is 0.263 e. The first-order valence-electron chi connectivity index (χ1n) is 8.41. The van der Waals surface area contributed by atoms with E-state index in [2.05, 4.69) is 15.2 Å². The van der Waals surface area contributed by atoms with Gasteiger partial charge in [-0.3, -0.25) is 9.69 Å². The number of nitrogens with one attached hydrogen (secondary N) is 1. The monoisotopic (exact) mass is 363 g/mol. The Bertz CT molecular complexity index is 729. The zero-order chi connectivity index (χ0) is 17.6. The minimum absolute atomic E-state index is 0.139. The fourth-order valence-electron chi connectivity index (χ4n) is 2.77. The van der Waals surface area contributed by atoms with E-state index in [0.29, 0.717) is 23.4 Å². The van der Waals surface area contributed by atoms with Crippen LogP contribution in [0.4, 0.5) is 4.39 Å². The van der Waals surface area contributed by atoms with Gasteiger partial charge in [-0.1, -0.05) is 18.2 Å². The van der Waals surface area contributed by atoms with Crippen LogP contribution in [0.3, 0.4) is 0 Å². The van der Waals surface area contributed by atoms with E-state index < -0.39 is 0 Å². The molecule has 7 heteroatoms. The molecule has 0 atom stereocenters. The van der Waals surface area contributed by atoms with Crippen LogP contribution < -0.4 is 5.32 Å². The third-order valence-electron chi connectivity index (χ3n) is 4.15. The van der Waals surface area contributed by atoms with Crippen molar-refractivity contribution < 1.29 is 13.9 Å². The third kappa shape index (κ3) is 4.84. The zero-order valence-corrected chi connectivity index (χ0v) is 15.1. The molecule has 1 amide bonds. The van der Waals surface area contributed by atoms with Crippen molar-refractivity contribution >= 4 is 17.2 Å². The van der Waals surface area contributed by atoms with Gasteiger partial charge in [-0.05, 0) is 25.0 Å². The summed E-state index contributed by atoms with van der Waals surface area (Å²) >= 11 is 1.43. The van der Waals surface area contributed by atoms with Crippen molar-refractivity contribution in [1.82, 2.24) is 15.2 Å². The number of rotatable bonds is 6. The summed E-state index contributed by atoms with van der Waals surface area (Å²) in [6, 6.07) is 6.63. The van der Waals surface area contributed by atoms with Crippen LogP contribution in [0.1, 0.15) is 25.9 Å². The Labute approximate surface area is 150 Å². The molecule has 1 aliphatic heterocycles. The number of hydrogen-bond acceptors (Lipinski definition) is 5. The fourth-order valence-corrected chi connectivity index (χ4v) is 3.80. The lowest BCUT2D eigenvalue weighted by atomic mass is 10.1. The molecule has 2 heterocycles. The molecule has 1 saturated heterocycles. The largest absolute Gasteiger partial charge is 0.379 e. The molecule has 0 bridgehead atoms. The quantitative estimate of drug-likeness (QED) is 0.856. The van der Waals surface area contributed by atoms with E-state index in [1.165, 1.54) is 17.4 Å². The van der Waals surface area contributed by atoms with Gasteiger partial charge in [-0.2, -0.15) is 0 Å². The number of thiazole rings is 1. The molecule has 0 saturated carbocycles. The molecule has 1 aromatic carbocycles. The molecule has 1 aliphatic rings. The van der Waals surface area contributed by atoms with Gasteiger partial charge < -0.3 is 10.1 Å². The molecular weight excluding hydrogens is 341 g/mol. The van der Waals surface area contributed by atoms with E-state index in [1.807, 2.05) is 6.92 Å². The van der Waals surface area contributed by atoms with Crippen molar-refractivity contribution in [3.05, 3.63) is 51.2 Å². The normalized spacial score (nSPS) is 15.3. The first-order chi connectivity index (χ1) is 12.1. The highest BCUT2D eigenvalue weighted by molar-refractivity contribution is 7.13. The second-order valence-corrected chi connectivity index (χ2v) is 7.09. The van der Waals surface area contributed by atoms with Crippen LogP contribution in [0.25, 0.3) is 0 Å². The highest BCUT2D eigenvalue weighted by Crippen LogP contribution is 2.20. The van der Waals surface area contributed by atoms with E-state index >= 15 is 0 Å². The first kappa shape index (κ1) is 18.0. The summed E-state index contributed by atoms with van der Waals surface area (Å²) in [5.74, 6) is -0.377. The molecule has 5 nitrogen and oxygen atoms in total. The molecule has 2 aromatic rings. The average Bonchev–Trinajstić information content (AvgIpc) is 2.98. The zero-order valence-electron chi connectivity index (χ0n) is 14.3. The second-order valence-electron chi connectivity index (χ2n) is 6.01. The van der Waals surface area contributed by atoms with E-state index in [-0.39, 0.29) is 11.7 Å². The average molecular weight is 363 g/mol. The van der Waals surface area contributed by atoms with Crippen molar-refractivity contribution in [2.45, 2.75) is 19.9 Å². The molecule has 0 radical (unpaired) electrons. The standard InChI is InChI=1S/C18H22FN3O2S/c1-13-17(25-16(21-13)12-22-8-10-24-11-9-22)18(23)20-7-6-14-4-2-3-5-15(14)19/h2-5H,6-12H2,1H3,(H,20,23). The summed E-state index contributed by atoms with van der Waals surface area (Å²) < 4.78 is 18.9. The summed E-state index contributed by atoms with van der Waals surface area (Å²) in [5, 5.41) is 3.81. The molecule has 134 valence electrons. The number of aromatic nitrogens is 1. The number of nitrogens with zero attached hydrogens (tertiary/aromatic N) is 2. The smallest absolute Gasteiger partial charge is 0.263 e. The summed E-state index contributed by atoms with van der Waals surface area (Å²) in [4.78, 5) is 19.8. The van der Waals surface area contributed by atoms with Crippen LogP contribution in [-0.2, 0) is 17.7 Å². The molecular formula is C18H22FN3O2S. The fraction of sp³-hybridized carbons (Fsp3) is 0.444. The first-order valence-corrected chi connectivity index (χ1v) is 9.23. The lowest BCUT2D eigenvalue weighted by molar-refractivity contribution is 0.0341. The van der Waals surface area contributed by atoms with Crippen LogP contribution in [0.15, 0.2) is 24.3 Å². The van der Waals surface area contributed by atoms with Crippen molar-refractivity contribution in [3.8, 4) is 0 Å². The number of ether oxygens (including phenoxy) is 1. The molecule has 0 spiro atoms. The molecule has 0 unspecified atom stereocenters. The Balaban J connectivity index is 1.54. The number of hydrogen-bond donors (Lipinski definition) is 1. The summed E-state index contributed by atoms with van der Waals surface area (Å²) in [6.07, 6.45) is 0.469. The maximum absolute atomic E-state index is 13.6. The molecule has 1 N–H and O–H groups in total. The maximum atomic E-state index is 13.6.